The van der Waals surface area contributed by atoms with Crippen LogP contribution in [-0.4, -0.2) is 32.1 Å². The van der Waals surface area contributed by atoms with Gasteiger partial charge in [-0.3, -0.25) is 9.59 Å². The van der Waals surface area contributed by atoms with Crippen LogP contribution in [0.25, 0.3) is 0 Å². The predicted molar refractivity (Wildman–Crippen MR) is 92.7 cm³/mol. The van der Waals surface area contributed by atoms with E-state index in [1.54, 1.807) is 43.3 Å². The minimum absolute atomic E-state index is 0.231. The molecule has 0 bridgehead atoms. The van der Waals surface area contributed by atoms with Gasteiger partial charge in [-0.25, -0.2) is 0 Å². The number of nitrogens with one attached hydrogen (secondary N) is 2. The highest BCUT2D eigenvalue weighted by Gasteiger charge is 2.24. The van der Waals surface area contributed by atoms with Gasteiger partial charge in [0.2, 0.25) is 0 Å². The molecule has 1 unspecified atom stereocenters. The second kappa shape index (κ2) is 6.72. The highest BCUT2D eigenvalue weighted by molar-refractivity contribution is 6.07. The van der Waals surface area contributed by atoms with Gasteiger partial charge in [0.05, 0.1) is 25.5 Å². The molecule has 0 spiro atoms. The van der Waals surface area contributed by atoms with E-state index < -0.39 is 6.10 Å². The quantitative estimate of drug-likeness (QED) is 0.892. The van der Waals surface area contributed by atoms with Gasteiger partial charge < -0.3 is 24.8 Å². The van der Waals surface area contributed by atoms with Gasteiger partial charge in [-0.2, -0.15) is 0 Å². The van der Waals surface area contributed by atoms with E-state index in [9.17, 15) is 9.59 Å². The first-order valence-electron chi connectivity index (χ1n) is 7.67. The fourth-order valence-corrected chi connectivity index (χ4v) is 2.55. The summed E-state index contributed by atoms with van der Waals surface area (Å²) in [6.45, 7) is 1.67. The van der Waals surface area contributed by atoms with Crippen LogP contribution in [0.5, 0.6) is 17.2 Å². The summed E-state index contributed by atoms with van der Waals surface area (Å²) in [7, 11) is 2.98. The summed E-state index contributed by atoms with van der Waals surface area (Å²) < 4.78 is 16.0. The Hall–Kier alpha value is -3.22. The summed E-state index contributed by atoms with van der Waals surface area (Å²) >= 11 is 0. The first kappa shape index (κ1) is 16.6. The molecule has 1 aliphatic rings. The molecule has 1 aliphatic heterocycles. The lowest BCUT2D eigenvalue weighted by atomic mass is 10.1. The Balaban J connectivity index is 1.85. The monoisotopic (exact) mass is 342 g/mol. The lowest BCUT2D eigenvalue weighted by Crippen LogP contribution is -2.34. The Morgan fingerprint density at radius 1 is 1.20 bits per heavy atom. The molecule has 1 heterocycles. The first-order valence-corrected chi connectivity index (χ1v) is 7.67. The molecule has 2 aromatic rings. The normalized spacial score (nSPS) is 15.5. The molecular formula is C18H18N2O5. The van der Waals surface area contributed by atoms with Crippen molar-refractivity contribution in [3.8, 4) is 17.2 Å². The number of methoxy groups -OCH3 is 2. The summed E-state index contributed by atoms with van der Waals surface area (Å²) in [6.07, 6.45) is -0.547. The van der Waals surface area contributed by atoms with Gasteiger partial charge in [0.25, 0.3) is 11.8 Å². The van der Waals surface area contributed by atoms with Gasteiger partial charge in [0.1, 0.15) is 5.75 Å². The Bertz CT molecular complexity index is 834. The minimum atomic E-state index is -0.547. The molecule has 1 atom stereocenters. The summed E-state index contributed by atoms with van der Waals surface area (Å²) in [5.74, 6) is 0.794. The Morgan fingerprint density at radius 2 is 2.00 bits per heavy atom. The average Bonchev–Trinajstić information content (AvgIpc) is 2.62. The van der Waals surface area contributed by atoms with E-state index in [4.69, 9.17) is 14.2 Å². The van der Waals surface area contributed by atoms with Gasteiger partial charge in [0.15, 0.2) is 17.6 Å². The predicted octanol–water partition coefficient (Wildman–Crippen LogP) is 2.68. The number of rotatable bonds is 4. The molecule has 0 aliphatic carbocycles. The van der Waals surface area contributed by atoms with Crippen LogP contribution in [-0.2, 0) is 4.79 Å². The number of hydrogen-bond donors (Lipinski definition) is 2. The van der Waals surface area contributed by atoms with Crippen LogP contribution >= 0.6 is 0 Å². The van der Waals surface area contributed by atoms with Crippen LogP contribution in [0.3, 0.4) is 0 Å². The number of benzene rings is 2. The summed E-state index contributed by atoms with van der Waals surface area (Å²) in [5, 5.41) is 5.52. The molecule has 7 heteroatoms. The third kappa shape index (κ3) is 3.21. The molecular weight excluding hydrogens is 324 g/mol. The van der Waals surface area contributed by atoms with E-state index in [1.165, 1.54) is 14.2 Å². The summed E-state index contributed by atoms with van der Waals surface area (Å²) in [5.41, 5.74) is 1.37. The van der Waals surface area contributed by atoms with Crippen molar-refractivity contribution in [2.45, 2.75) is 13.0 Å². The van der Waals surface area contributed by atoms with Crippen molar-refractivity contribution in [3.05, 3.63) is 42.0 Å². The van der Waals surface area contributed by atoms with Crippen LogP contribution in [0, 0.1) is 0 Å². The number of fused-ring (bicyclic) bond motifs is 1. The standard InChI is InChI=1S/C18H18N2O5/c1-10-17(21)20-13-9-11(7-8-14(13)25-10)19-18(22)12-5-4-6-15(23-2)16(12)24-3/h4-10H,1-3H3,(H,19,22)(H,20,21). The van der Waals surface area contributed by atoms with Gasteiger partial charge in [0, 0.05) is 5.69 Å². The average molecular weight is 342 g/mol. The third-order valence-electron chi connectivity index (χ3n) is 3.82. The van der Waals surface area contributed by atoms with Crippen molar-refractivity contribution >= 4 is 23.2 Å². The van der Waals surface area contributed by atoms with Crippen molar-refractivity contribution in [1.82, 2.24) is 0 Å². The summed E-state index contributed by atoms with van der Waals surface area (Å²) in [6, 6.07) is 10.1. The number of carbonyl (C=O) groups is 2. The van der Waals surface area contributed by atoms with Crippen molar-refractivity contribution in [2.24, 2.45) is 0 Å². The van der Waals surface area contributed by atoms with E-state index in [0.29, 0.717) is 34.2 Å². The second-order valence-corrected chi connectivity index (χ2v) is 5.46. The molecule has 0 fully saturated rings. The van der Waals surface area contributed by atoms with Crippen LogP contribution in [0.2, 0.25) is 0 Å². The Labute approximate surface area is 144 Å². The zero-order valence-electron chi connectivity index (χ0n) is 14.1. The number of carbonyl (C=O) groups excluding carboxylic acids is 2. The van der Waals surface area contributed by atoms with Crippen molar-refractivity contribution in [1.29, 1.82) is 0 Å². The number of anilines is 2. The van der Waals surface area contributed by atoms with E-state index in [0.717, 1.165) is 0 Å². The maximum atomic E-state index is 12.6. The zero-order chi connectivity index (χ0) is 18.0. The molecule has 2 aromatic carbocycles. The first-order chi connectivity index (χ1) is 12.0. The SMILES string of the molecule is COc1cccc(C(=O)Nc2ccc3c(c2)NC(=O)C(C)O3)c1OC. The van der Waals surface area contributed by atoms with Crippen molar-refractivity contribution < 1.29 is 23.8 Å². The van der Waals surface area contributed by atoms with E-state index in [1.807, 2.05) is 0 Å². The smallest absolute Gasteiger partial charge is 0.265 e. The molecule has 7 nitrogen and oxygen atoms in total. The van der Waals surface area contributed by atoms with Crippen molar-refractivity contribution in [2.75, 3.05) is 24.9 Å². The summed E-state index contributed by atoms with van der Waals surface area (Å²) in [4.78, 5) is 24.3. The maximum absolute atomic E-state index is 12.6. The van der Waals surface area contributed by atoms with Gasteiger partial charge in [-0.1, -0.05) is 6.07 Å². The lowest BCUT2D eigenvalue weighted by molar-refractivity contribution is -0.122. The molecule has 3 rings (SSSR count). The molecule has 0 radical (unpaired) electrons. The Kier molecular flexibility index (Phi) is 4.47. The maximum Gasteiger partial charge on any atom is 0.265 e. The van der Waals surface area contributed by atoms with Crippen molar-refractivity contribution in [3.63, 3.8) is 0 Å². The van der Waals surface area contributed by atoms with Gasteiger partial charge >= 0.3 is 0 Å². The number of hydrogen-bond acceptors (Lipinski definition) is 5. The lowest BCUT2D eigenvalue weighted by Gasteiger charge is -2.23. The fourth-order valence-electron chi connectivity index (χ4n) is 2.55. The molecule has 0 saturated carbocycles. The van der Waals surface area contributed by atoms with Gasteiger partial charge in [-0.15, -0.1) is 0 Å². The molecule has 2 N–H and O–H groups in total. The molecule has 130 valence electrons. The van der Waals surface area contributed by atoms with Crippen LogP contribution in [0.4, 0.5) is 11.4 Å². The van der Waals surface area contributed by atoms with Crippen LogP contribution in [0.15, 0.2) is 36.4 Å². The third-order valence-corrected chi connectivity index (χ3v) is 3.82. The largest absolute Gasteiger partial charge is 0.493 e. The topological polar surface area (TPSA) is 85.9 Å². The second-order valence-electron chi connectivity index (χ2n) is 5.46. The number of ether oxygens (including phenoxy) is 3. The molecule has 25 heavy (non-hydrogen) atoms. The minimum Gasteiger partial charge on any atom is -0.493 e. The van der Waals surface area contributed by atoms with E-state index in [2.05, 4.69) is 10.6 Å². The van der Waals surface area contributed by atoms with E-state index in [-0.39, 0.29) is 11.8 Å². The highest BCUT2D eigenvalue weighted by atomic mass is 16.5. The van der Waals surface area contributed by atoms with Crippen LogP contribution < -0.4 is 24.8 Å². The number of para-hydroxylation sites is 1. The fraction of sp³-hybridized carbons (Fsp3) is 0.222. The zero-order valence-corrected chi connectivity index (χ0v) is 14.1. The van der Waals surface area contributed by atoms with Gasteiger partial charge in [-0.05, 0) is 37.3 Å². The van der Waals surface area contributed by atoms with Crippen LogP contribution in [0.1, 0.15) is 17.3 Å². The van der Waals surface area contributed by atoms with E-state index >= 15 is 0 Å². The molecule has 0 saturated heterocycles. The molecule has 2 amide bonds. The Morgan fingerprint density at radius 3 is 2.72 bits per heavy atom. The highest BCUT2D eigenvalue weighted by Crippen LogP contribution is 2.34. The molecule has 0 aromatic heterocycles. The number of amides is 2.